The number of hydrogen-bond acceptors (Lipinski definition) is 4. The summed E-state index contributed by atoms with van der Waals surface area (Å²) in [4.78, 5) is 19.1. The van der Waals surface area contributed by atoms with E-state index in [4.69, 9.17) is 4.74 Å². The van der Waals surface area contributed by atoms with E-state index in [1.54, 1.807) is 13.2 Å². The monoisotopic (exact) mass is 318 g/mol. The number of hydrogen-bond donors (Lipinski definition) is 2. The van der Waals surface area contributed by atoms with Gasteiger partial charge in [0.05, 0.1) is 12.6 Å². The lowest BCUT2D eigenvalue weighted by Crippen LogP contribution is -2.33. The van der Waals surface area contributed by atoms with Crippen LogP contribution in [-0.4, -0.2) is 34.7 Å². The molecule has 0 radical (unpaired) electrons. The number of nitrogens with zero attached hydrogens (tertiary/aromatic N) is 2. The fourth-order valence-corrected chi connectivity index (χ4v) is 2.53. The third-order valence-corrected chi connectivity index (χ3v) is 3.44. The van der Waals surface area contributed by atoms with Gasteiger partial charge in [0.15, 0.2) is 5.65 Å². The fraction of sp³-hybridized carbons (Fsp3) is 0.500. The van der Waals surface area contributed by atoms with E-state index in [1.807, 2.05) is 10.6 Å². The molecule has 0 saturated carbocycles. The molecule has 1 fully saturated rings. The van der Waals surface area contributed by atoms with Crippen molar-refractivity contribution in [3.05, 3.63) is 22.6 Å². The van der Waals surface area contributed by atoms with Crippen molar-refractivity contribution in [2.24, 2.45) is 0 Å². The van der Waals surface area contributed by atoms with Gasteiger partial charge in [-0.15, -0.1) is 0 Å². The smallest absolute Gasteiger partial charge is 0.327 e. The number of methoxy groups -OCH3 is 1. The van der Waals surface area contributed by atoms with Crippen LogP contribution < -0.4 is 15.7 Å². The first kappa shape index (κ1) is 15.2. The molecule has 110 valence electrons. The summed E-state index contributed by atoms with van der Waals surface area (Å²) in [7, 11) is 9.79. The van der Waals surface area contributed by atoms with Crippen LogP contribution in [0.25, 0.3) is 11.2 Å². The fourth-order valence-electron chi connectivity index (χ4n) is 2.53. The molecule has 1 saturated heterocycles. The molecule has 0 spiro atoms. The van der Waals surface area contributed by atoms with E-state index >= 15 is 0 Å². The number of aromatic nitrogens is 3. The van der Waals surface area contributed by atoms with Gasteiger partial charge >= 0.3 is 5.69 Å². The number of rotatable bonds is 2. The molecule has 0 bridgehead atoms. The van der Waals surface area contributed by atoms with E-state index in [0.717, 1.165) is 31.4 Å². The average Bonchev–Trinajstić information content (AvgIpc) is 2.84. The first-order valence-corrected chi connectivity index (χ1v) is 7.44. The summed E-state index contributed by atoms with van der Waals surface area (Å²) in [5, 5.41) is 3.30. The maximum absolute atomic E-state index is 12.0. The molecule has 1 aliphatic heterocycles. The minimum absolute atomic E-state index is 0.0855. The van der Waals surface area contributed by atoms with Crippen LogP contribution >= 0.6 is 21.7 Å². The predicted octanol–water partition coefficient (Wildman–Crippen LogP) is 2.04. The third kappa shape index (κ3) is 2.92. The second kappa shape index (κ2) is 6.97. The quantitative estimate of drug-likeness (QED) is 0.888. The van der Waals surface area contributed by atoms with Crippen LogP contribution in [0, 0.1) is 0 Å². The lowest BCUT2D eigenvalue weighted by Gasteiger charge is -2.23. The third-order valence-electron chi connectivity index (χ3n) is 3.44. The van der Waals surface area contributed by atoms with E-state index in [0.29, 0.717) is 11.5 Å². The molecule has 0 amide bonds. The van der Waals surface area contributed by atoms with E-state index in [1.165, 1.54) is 0 Å². The maximum Gasteiger partial charge on any atom is 0.327 e. The molecular weight excluding hydrogens is 303 g/mol. The zero-order valence-electron chi connectivity index (χ0n) is 11.0. The molecule has 8 heteroatoms. The zero-order valence-corrected chi connectivity index (χ0v) is 12.5. The van der Waals surface area contributed by atoms with Crippen LogP contribution in [-0.2, 0) is 0 Å². The highest BCUT2D eigenvalue weighted by molar-refractivity contribution is 6.85. The summed E-state index contributed by atoms with van der Waals surface area (Å²) < 4.78 is 6.89. The number of piperidine rings is 1. The summed E-state index contributed by atoms with van der Waals surface area (Å²) in [6.07, 6.45) is 1.94. The molecule has 3 heterocycles. The van der Waals surface area contributed by atoms with Crippen LogP contribution in [0.5, 0.6) is 5.88 Å². The van der Waals surface area contributed by atoms with Gasteiger partial charge in [-0.05, 0) is 32.0 Å². The van der Waals surface area contributed by atoms with Crippen LogP contribution in [0.3, 0.4) is 0 Å². The second-order valence-electron chi connectivity index (χ2n) is 4.50. The molecule has 0 aromatic carbocycles. The van der Waals surface area contributed by atoms with Crippen molar-refractivity contribution in [1.29, 1.82) is 0 Å². The van der Waals surface area contributed by atoms with E-state index in [-0.39, 0.29) is 11.7 Å². The summed E-state index contributed by atoms with van der Waals surface area (Å²) in [6, 6.07) is 3.93. The first-order valence-electron chi connectivity index (χ1n) is 6.30. The standard InChI is InChI=1S/C12H16N4O2.Cl2/c1-18-10-3-2-9-11(14-10)15-12(17)16(9)8-4-6-13-7-5-8;1-2/h2-3,8,13H,4-7H2,1H3,(H,14,15,17);. The van der Waals surface area contributed by atoms with Crippen molar-refractivity contribution in [3.63, 3.8) is 0 Å². The van der Waals surface area contributed by atoms with Gasteiger partial charge in [0.2, 0.25) is 5.88 Å². The van der Waals surface area contributed by atoms with Gasteiger partial charge in [-0.1, -0.05) is 0 Å². The van der Waals surface area contributed by atoms with Gasteiger partial charge in [-0.3, -0.25) is 9.55 Å². The number of ether oxygens (including phenoxy) is 1. The predicted molar refractivity (Wildman–Crippen MR) is 79.8 cm³/mol. The Hall–Kier alpha value is -1.24. The van der Waals surface area contributed by atoms with Gasteiger partial charge in [0.25, 0.3) is 0 Å². The molecule has 2 N–H and O–H groups in total. The molecule has 1 aliphatic rings. The number of nitrogens with one attached hydrogen (secondary N) is 2. The largest absolute Gasteiger partial charge is 0.481 e. The Morgan fingerprint density at radius 3 is 2.70 bits per heavy atom. The molecule has 0 atom stereocenters. The van der Waals surface area contributed by atoms with Gasteiger partial charge in [0.1, 0.15) is 0 Å². The van der Waals surface area contributed by atoms with Crippen molar-refractivity contribution in [2.75, 3.05) is 20.2 Å². The van der Waals surface area contributed by atoms with Crippen molar-refractivity contribution >= 4 is 32.9 Å². The van der Waals surface area contributed by atoms with Gasteiger partial charge in [0, 0.05) is 33.8 Å². The Morgan fingerprint density at radius 1 is 1.35 bits per heavy atom. The summed E-state index contributed by atoms with van der Waals surface area (Å²) in [5.41, 5.74) is 1.36. The van der Waals surface area contributed by atoms with Crippen molar-refractivity contribution in [1.82, 2.24) is 19.9 Å². The Kier molecular flexibility index (Phi) is 5.28. The Balaban J connectivity index is 0.000000704. The molecule has 2 aromatic rings. The van der Waals surface area contributed by atoms with Crippen LogP contribution in [0.2, 0.25) is 0 Å². The van der Waals surface area contributed by atoms with Gasteiger partial charge < -0.3 is 10.1 Å². The zero-order chi connectivity index (χ0) is 14.5. The number of aromatic amines is 1. The van der Waals surface area contributed by atoms with Crippen molar-refractivity contribution in [3.8, 4) is 5.88 Å². The molecule has 2 aromatic heterocycles. The number of fused-ring (bicyclic) bond motifs is 1. The summed E-state index contributed by atoms with van der Waals surface area (Å²) in [6.45, 7) is 1.90. The van der Waals surface area contributed by atoms with Crippen molar-refractivity contribution < 1.29 is 4.74 Å². The normalized spacial score (nSPS) is 15.8. The Morgan fingerprint density at radius 2 is 2.05 bits per heavy atom. The van der Waals surface area contributed by atoms with E-state index < -0.39 is 0 Å². The van der Waals surface area contributed by atoms with Crippen molar-refractivity contribution in [2.45, 2.75) is 18.9 Å². The highest BCUT2D eigenvalue weighted by Gasteiger charge is 2.20. The Labute approximate surface area is 125 Å². The lowest BCUT2D eigenvalue weighted by atomic mass is 10.1. The number of imidazole rings is 1. The Bertz CT molecular complexity index is 619. The molecule has 0 unspecified atom stereocenters. The second-order valence-corrected chi connectivity index (χ2v) is 4.50. The van der Waals surface area contributed by atoms with E-state index in [2.05, 4.69) is 37.0 Å². The highest BCUT2D eigenvalue weighted by Crippen LogP contribution is 2.22. The number of H-pyrrole nitrogens is 1. The van der Waals surface area contributed by atoms with Crippen LogP contribution in [0.1, 0.15) is 18.9 Å². The molecule has 6 nitrogen and oxygen atoms in total. The minimum atomic E-state index is -0.0855. The summed E-state index contributed by atoms with van der Waals surface area (Å²) in [5.74, 6) is 0.515. The average molecular weight is 319 g/mol. The highest BCUT2D eigenvalue weighted by atomic mass is 36.5. The molecule has 3 rings (SSSR count). The number of halogens is 2. The summed E-state index contributed by atoms with van der Waals surface area (Å²) >= 11 is 0. The minimum Gasteiger partial charge on any atom is -0.481 e. The maximum atomic E-state index is 12.0. The number of pyridine rings is 1. The molecule has 0 aliphatic carbocycles. The van der Waals surface area contributed by atoms with E-state index in [9.17, 15) is 4.79 Å². The first-order chi connectivity index (χ1) is 9.79. The lowest BCUT2D eigenvalue weighted by molar-refractivity contribution is 0.368. The SMILES string of the molecule is COc1ccc2c(n1)[nH]c(=O)n2C1CCNCC1.ClCl. The van der Waals surface area contributed by atoms with Crippen LogP contribution in [0.4, 0.5) is 0 Å². The van der Waals surface area contributed by atoms with Gasteiger partial charge in [-0.2, -0.15) is 4.98 Å². The topological polar surface area (TPSA) is 71.9 Å². The molecular formula is C12H16Cl2N4O2. The van der Waals surface area contributed by atoms with Gasteiger partial charge in [-0.25, -0.2) is 4.79 Å². The van der Waals surface area contributed by atoms with Crippen LogP contribution in [0.15, 0.2) is 16.9 Å². The molecule has 20 heavy (non-hydrogen) atoms.